The third-order valence-electron chi connectivity index (χ3n) is 5.19. The first-order chi connectivity index (χ1) is 14.4. The Bertz CT molecular complexity index is 1350. The molecule has 4 aromatic carbocycles. The molecule has 0 radical (unpaired) electrons. The Balaban J connectivity index is 1.71. The Morgan fingerprint density at radius 3 is 2.07 bits per heavy atom. The van der Waals surface area contributed by atoms with Crippen LogP contribution in [0.1, 0.15) is 0 Å². The van der Waals surface area contributed by atoms with Crippen LogP contribution < -0.4 is 0 Å². The first kappa shape index (κ1) is 16.9. The summed E-state index contributed by atoms with van der Waals surface area (Å²) in [5.74, 6) is 0.794. The van der Waals surface area contributed by atoms with Gasteiger partial charge in [0.05, 0.1) is 0 Å². The van der Waals surface area contributed by atoms with Crippen LogP contribution >= 0.6 is 19.8 Å². The predicted molar refractivity (Wildman–Crippen MR) is 127 cm³/mol. The van der Waals surface area contributed by atoms with Gasteiger partial charge in [0.15, 0.2) is 0 Å². The SMILES string of the molecule is c1ccc(-c2nc3c4c(cccc4n2)I(c2ccccc2)c2ccccc2-3)cc1. The summed E-state index contributed by atoms with van der Waals surface area (Å²) >= 11 is -1.80. The van der Waals surface area contributed by atoms with Gasteiger partial charge in [0, 0.05) is 0 Å². The zero-order chi connectivity index (χ0) is 19.2. The van der Waals surface area contributed by atoms with Crippen LogP contribution in [-0.2, 0) is 0 Å². The molecular formula is C26H17IN2. The van der Waals surface area contributed by atoms with Crippen LogP contribution in [0.4, 0.5) is 0 Å². The van der Waals surface area contributed by atoms with Crippen molar-refractivity contribution in [1.82, 2.24) is 9.97 Å². The molecule has 0 unspecified atom stereocenters. The van der Waals surface area contributed by atoms with E-state index in [9.17, 15) is 0 Å². The number of hydrogen-bond acceptors (Lipinski definition) is 2. The second-order valence-corrected chi connectivity index (χ2v) is 12.1. The Kier molecular flexibility index (Phi) is 3.94. The Hall–Kier alpha value is -3.05. The van der Waals surface area contributed by atoms with E-state index in [1.165, 1.54) is 21.7 Å². The molecule has 0 saturated heterocycles. The molecule has 0 atom stereocenters. The fourth-order valence-electron chi connectivity index (χ4n) is 3.91. The summed E-state index contributed by atoms with van der Waals surface area (Å²) in [5, 5.41) is 1.24. The molecule has 5 aromatic rings. The predicted octanol–water partition coefficient (Wildman–Crippen LogP) is 6.69. The van der Waals surface area contributed by atoms with Crippen LogP contribution in [0.5, 0.6) is 0 Å². The third-order valence-corrected chi connectivity index (χ3v) is 11.3. The molecule has 29 heavy (non-hydrogen) atoms. The van der Waals surface area contributed by atoms with E-state index in [0.29, 0.717) is 0 Å². The molecule has 138 valence electrons. The molecule has 1 aliphatic rings. The summed E-state index contributed by atoms with van der Waals surface area (Å²) in [5.41, 5.74) is 4.44. The summed E-state index contributed by atoms with van der Waals surface area (Å²) in [6, 6.07) is 36.6. The van der Waals surface area contributed by atoms with E-state index in [1.54, 1.807) is 0 Å². The van der Waals surface area contributed by atoms with E-state index < -0.39 is 19.8 Å². The van der Waals surface area contributed by atoms with Gasteiger partial charge in [0.25, 0.3) is 0 Å². The van der Waals surface area contributed by atoms with Crippen molar-refractivity contribution in [1.29, 1.82) is 0 Å². The zero-order valence-electron chi connectivity index (χ0n) is 15.6. The van der Waals surface area contributed by atoms with Gasteiger partial charge in [-0.1, -0.05) is 0 Å². The summed E-state index contributed by atoms with van der Waals surface area (Å²) in [4.78, 5) is 10.0. The van der Waals surface area contributed by atoms with Crippen LogP contribution in [-0.4, -0.2) is 9.97 Å². The average molecular weight is 484 g/mol. The molecule has 3 heteroatoms. The van der Waals surface area contributed by atoms with Crippen molar-refractivity contribution < 1.29 is 0 Å². The normalized spacial score (nSPS) is 13.3. The van der Waals surface area contributed by atoms with Gasteiger partial charge in [0.1, 0.15) is 0 Å². The summed E-state index contributed by atoms with van der Waals surface area (Å²) < 4.78 is 4.35. The third kappa shape index (κ3) is 2.69. The van der Waals surface area contributed by atoms with Crippen molar-refractivity contribution in [2.45, 2.75) is 0 Å². The molecule has 0 aliphatic carbocycles. The van der Waals surface area contributed by atoms with Gasteiger partial charge in [0.2, 0.25) is 0 Å². The standard InChI is InChI=1S/C26H17IN2/c1-3-10-18(11-4-1)26-28-23-17-9-16-22-24(23)25(29-26)20-14-7-8-15-21(20)27(22)19-12-5-2-6-13-19/h1-17H. The van der Waals surface area contributed by atoms with E-state index in [1.807, 2.05) is 18.2 Å². The van der Waals surface area contributed by atoms with Gasteiger partial charge in [-0.3, -0.25) is 0 Å². The molecule has 1 aromatic heterocycles. The Labute approximate surface area is 176 Å². The van der Waals surface area contributed by atoms with E-state index in [4.69, 9.17) is 9.97 Å². The molecular weight excluding hydrogens is 467 g/mol. The van der Waals surface area contributed by atoms with Gasteiger partial charge in [-0.15, -0.1) is 0 Å². The molecule has 0 fully saturated rings. The van der Waals surface area contributed by atoms with Crippen LogP contribution in [0, 0.1) is 10.7 Å². The van der Waals surface area contributed by atoms with E-state index in [0.717, 1.165) is 22.6 Å². The second-order valence-electron chi connectivity index (χ2n) is 6.95. The Morgan fingerprint density at radius 2 is 1.24 bits per heavy atom. The maximum atomic E-state index is 5.09. The summed E-state index contributed by atoms with van der Waals surface area (Å²) in [6.45, 7) is 0. The van der Waals surface area contributed by atoms with Gasteiger partial charge < -0.3 is 0 Å². The minimum absolute atomic E-state index is 0.794. The first-order valence-electron chi connectivity index (χ1n) is 9.60. The number of halogens is 1. The quantitative estimate of drug-likeness (QED) is 0.256. The minimum atomic E-state index is -1.80. The van der Waals surface area contributed by atoms with E-state index >= 15 is 0 Å². The molecule has 2 nitrogen and oxygen atoms in total. The zero-order valence-corrected chi connectivity index (χ0v) is 17.7. The fraction of sp³-hybridized carbons (Fsp3) is 0. The number of benzene rings is 4. The second kappa shape index (κ2) is 6.78. The fourth-order valence-corrected chi connectivity index (χ4v) is 10.2. The van der Waals surface area contributed by atoms with Crippen molar-refractivity contribution in [3.05, 3.63) is 114 Å². The molecule has 2 heterocycles. The molecule has 0 N–H and O–H groups in total. The first-order valence-corrected chi connectivity index (χ1v) is 12.8. The van der Waals surface area contributed by atoms with Crippen molar-refractivity contribution in [3.63, 3.8) is 0 Å². The van der Waals surface area contributed by atoms with E-state index in [2.05, 4.69) is 84.9 Å². The molecule has 0 bridgehead atoms. The Morgan fingerprint density at radius 1 is 0.552 bits per heavy atom. The van der Waals surface area contributed by atoms with E-state index in [-0.39, 0.29) is 0 Å². The van der Waals surface area contributed by atoms with Crippen molar-refractivity contribution in [3.8, 4) is 22.6 Å². The molecule has 0 saturated carbocycles. The van der Waals surface area contributed by atoms with Crippen molar-refractivity contribution in [2.75, 3.05) is 0 Å². The van der Waals surface area contributed by atoms with Gasteiger partial charge in [-0.05, 0) is 0 Å². The van der Waals surface area contributed by atoms with Crippen LogP contribution in [0.2, 0.25) is 0 Å². The number of nitrogens with zero attached hydrogens (tertiary/aromatic N) is 2. The van der Waals surface area contributed by atoms with Crippen LogP contribution in [0.15, 0.2) is 103 Å². The summed E-state index contributed by atoms with van der Waals surface area (Å²) in [6.07, 6.45) is 0. The molecule has 1 aliphatic heterocycles. The van der Waals surface area contributed by atoms with Crippen LogP contribution in [0.25, 0.3) is 33.5 Å². The monoisotopic (exact) mass is 484 g/mol. The number of aromatic nitrogens is 2. The summed E-state index contributed by atoms with van der Waals surface area (Å²) in [7, 11) is 0. The topological polar surface area (TPSA) is 25.8 Å². The molecule has 0 amide bonds. The number of fused-ring (bicyclic) bond motifs is 2. The average Bonchev–Trinajstić information content (AvgIpc) is 2.80. The number of rotatable bonds is 2. The van der Waals surface area contributed by atoms with Gasteiger partial charge in [-0.2, -0.15) is 0 Å². The molecule has 0 spiro atoms. The van der Waals surface area contributed by atoms with Crippen molar-refractivity contribution >= 4 is 30.7 Å². The van der Waals surface area contributed by atoms with Gasteiger partial charge >= 0.3 is 177 Å². The van der Waals surface area contributed by atoms with Gasteiger partial charge in [-0.25, -0.2) is 0 Å². The molecule has 6 rings (SSSR count). The van der Waals surface area contributed by atoms with Crippen molar-refractivity contribution in [2.24, 2.45) is 0 Å². The maximum absolute atomic E-state index is 5.09. The number of hydrogen-bond donors (Lipinski definition) is 0. The van der Waals surface area contributed by atoms with Crippen LogP contribution in [0.3, 0.4) is 0 Å².